The normalized spacial score (nSPS) is 11.3. The van der Waals surface area contributed by atoms with E-state index in [2.05, 4.69) is 47.0 Å². The van der Waals surface area contributed by atoms with E-state index in [9.17, 15) is 4.39 Å². The Labute approximate surface area is 137 Å². The first-order valence-electron chi connectivity index (χ1n) is 7.19. The minimum atomic E-state index is -0.235. The van der Waals surface area contributed by atoms with Crippen molar-refractivity contribution >= 4 is 27.3 Å². The van der Waals surface area contributed by atoms with Gasteiger partial charge in [-0.3, -0.25) is 0 Å². The summed E-state index contributed by atoms with van der Waals surface area (Å²) >= 11 is 5.01. The summed E-state index contributed by atoms with van der Waals surface area (Å²) in [5, 5.41) is 4.15. The summed E-state index contributed by atoms with van der Waals surface area (Å²) in [5.41, 5.74) is 1.62. The fourth-order valence-corrected chi connectivity index (χ4v) is 4.04. The van der Waals surface area contributed by atoms with Crippen LogP contribution >= 0.6 is 27.3 Å². The van der Waals surface area contributed by atoms with E-state index in [1.54, 1.807) is 17.4 Å². The monoisotopic (exact) mass is 370 g/mol. The first kappa shape index (κ1) is 16.6. The highest BCUT2D eigenvalue weighted by atomic mass is 79.9. The van der Waals surface area contributed by atoms with Crippen LogP contribution in [0.3, 0.4) is 0 Å². The molecule has 0 unspecified atom stereocenters. The molecule has 21 heavy (non-hydrogen) atoms. The quantitative estimate of drug-likeness (QED) is 0.694. The Morgan fingerprint density at radius 3 is 2.76 bits per heavy atom. The molecule has 0 aliphatic carbocycles. The molecule has 0 saturated carbocycles. The van der Waals surface area contributed by atoms with Crippen molar-refractivity contribution in [1.29, 1.82) is 0 Å². The first-order chi connectivity index (χ1) is 10.0. The van der Waals surface area contributed by atoms with Crippen LogP contribution in [-0.2, 0) is 6.54 Å². The lowest BCUT2D eigenvalue weighted by atomic mass is 10.1. The van der Waals surface area contributed by atoms with Crippen molar-refractivity contribution in [2.24, 2.45) is 0 Å². The lowest BCUT2D eigenvalue weighted by Gasteiger charge is -2.05. The van der Waals surface area contributed by atoms with Gasteiger partial charge in [0.2, 0.25) is 0 Å². The zero-order valence-electron chi connectivity index (χ0n) is 12.5. The van der Waals surface area contributed by atoms with Gasteiger partial charge in [-0.15, -0.1) is 11.3 Å². The molecule has 0 bridgehead atoms. The molecule has 1 N–H and O–H groups in total. The first-order valence-corrected chi connectivity index (χ1v) is 8.80. The summed E-state index contributed by atoms with van der Waals surface area (Å²) < 4.78 is 14.9. The summed E-state index contributed by atoms with van der Waals surface area (Å²) in [6.07, 6.45) is 1.10. The molecule has 2 aromatic rings. The molecule has 1 heterocycles. The van der Waals surface area contributed by atoms with E-state index in [0.717, 1.165) is 34.7 Å². The number of nitrogens with one attached hydrogen (secondary N) is 1. The highest BCUT2D eigenvalue weighted by molar-refractivity contribution is 9.10. The van der Waals surface area contributed by atoms with Crippen molar-refractivity contribution in [3.05, 3.63) is 39.1 Å². The largest absolute Gasteiger partial charge is 0.312 e. The summed E-state index contributed by atoms with van der Waals surface area (Å²) in [4.78, 5) is 5.89. The van der Waals surface area contributed by atoms with Crippen LogP contribution in [0, 0.1) is 5.82 Å². The Bertz CT molecular complexity index is 590. The van der Waals surface area contributed by atoms with Crippen LogP contribution < -0.4 is 5.32 Å². The Kier molecular flexibility index (Phi) is 5.90. The van der Waals surface area contributed by atoms with Crippen molar-refractivity contribution in [1.82, 2.24) is 10.3 Å². The van der Waals surface area contributed by atoms with Crippen LogP contribution in [0.1, 0.15) is 43.7 Å². The molecule has 0 aliphatic heterocycles. The Morgan fingerprint density at radius 2 is 2.14 bits per heavy atom. The molecule has 2 rings (SSSR count). The Hall–Kier alpha value is -0.780. The van der Waals surface area contributed by atoms with Gasteiger partial charge in [-0.05, 0) is 46.9 Å². The molecule has 0 amide bonds. The molecule has 1 aromatic carbocycles. The third kappa shape index (κ3) is 3.90. The SMILES string of the molecule is CCCNCc1sc(-c2c(F)cccc2Br)nc1C(C)C. The summed E-state index contributed by atoms with van der Waals surface area (Å²) in [6.45, 7) is 8.17. The number of nitrogens with zero attached hydrogens (tertiary/aromatic N) is 1. The molecule has 2 nitrogen and oxygen atoms in total. The van der Waals surface area contributed by atoms with Crippen molar-refractivity contribution in [2.45, 2.75) is 39.7 Å². The summed E-state index contributed by atoms with van der Waals surface area (Å²) in [7, 11) is 0. The van der Waals surface area contributed by atoms with Crippen molar-refractivity contribution in [3.63, 3.8) is 0 Å². The molecule has 0 atom stereocenters. The van der Waals surface area contributed by atoms with Crippen molar-refractivity contribution in [2.75, 3.05) is 6.54 Å². The molecule has 114 valence electrons. The zero-order valence-corrected chi connectivity index (χ0v) is 14.9. The van der Waals surface area contributed by atoms with E-state index in [0.29, 0.717) is 11.5 Å². The zero-order chi connectivity index (χ0) is 15.4. The van der Waals surface area contributed by atoms with Gasteiger partial charge in [0.05, 0.1) is 11.3 Å². The third-order valence-electron chi connectivity index (χ3n) is 3.16. The van der Waals surface area contributed by atoms with E-state index in [-0.39, 0.29) is 5.82 Å². The molecule has 0 saturated heterocycles. The van der Waals surface area contributed by atoms with Crippen LogP contribution in [-0.4, -0.2) is 11.5 Å². The molecule has 5 heteroatoms. The van der Waals surface area contributed by atoms with Crippen LogP contribution in [0.2, 0.25) is 0 Å². The highest BCUT2D eigenvalue weighted by Gasteiger charge is 2.18. The van der Waals surface area contributed by atoms with Gasteiger partial charge in [0.1, 0.15) is 10.8 Å². The lowest BCUT2D eigenvalue weighted by molar-refractivity contribution is 0.630. The van der Waals surface area contributed by atoms with Gasteiger partial charge >= 0.3 is 0 Å². The Morgan fingerprint density at radius 1 is 1.38 bits per heavy atom. The van der Waals surface area contributed by atoms with E-state index in [4.69, 9.17) is 0 Å². The lowest BCUT2D eigenvalue weighted by Crippen LogP contribution is -2.14. The summed E-state index contributed by atoms with van der Waals surface area (Å²) in [5.74, 6) is 0.0977. The number of halogens is 2. The van der Waals surface area contributed by atoms with Gasteiger partial charge in [-0.1, -0.05) is 26.8 Å². The van der Waals surface area contributed by atoms with E-state index in [1.807, 2.05) is 6.07 Å². The van der Waals surface area contributed by atoms with E-state index < -0.39 is 0 Å². The average molecular weight is 371 g/mol. The van der Waals surface area contributed by atoms with Gasteiger partial charge in [0.15, 0.2) is 0 Å². The van der Waals surface area contributed by atoms with Gasteiger partial charge in [-0.2, -0.15) is 0 Å². The minimum Gasteiger partial charge on any atom is -0.312 e. The van der Waals surface area contributed by atoms with Gasteiger partial charge in [0, 0.05) is 15.9 Å². The molecule has 0 spiro atoms. The number of hydrogen-bond donors (Lipinski definition) is 1. The molecular weight excluding hydrogens is 351 g/mol. The minimum absolute atomic E-state index is 0.235. The van der Waals surface area contributed by atoms with Crippen LogP contribution in [0.25, 0.3) is 10.6 Å². The summed E-state index contributed by atoms with van der Waals surface area (Å²) in [6, 6.07) is 5.03. The average Bonchev–Trinajstić information content (AvgIpc) is 2.83. The number of thiazole rings is 1. The van der Waals surface area contributed by atoms with Gasteiger partial charge < -0.3 is 5.32 Å². The predicted octanol–water partition coefficient (Wildman–Crippen LogP) is 5.33. The van der Waals surface area contributed by atoms with E-state index in [1.165, 1.54) is 10.9 Å². The van der Waals surface area contributed by atoms with E-state index >= 15 is 0 Å². The maximum absolute atomic E-state index is 14.1. The number of rotatable bonds is 6. The highest BCUT2D eigenvalue weighted by Crippen LogP contribution is 2.36. The second kappa shape index (κ2) is 7.47. The fraction of sp³-hybridized carbons (Fsp3) is 0.438. The smallest absolute Gasteiger partial charge is 0.134 e. The second-order valence-electron chi connectivity index (χ2n) is 5.26. The van der Waals surface area contributed by atoms with Gasteiger partial charge in [-0.25, -0.2) is 9.37 Å². The number of hydrogen-bond acceptors (Lipinski definition) is 3. The maximum Gasteiger partial charge on any atom is 0.134 e. The molecule has 0 radical (unpaired) electrons. The standard InChI is InChI=1S/C16H20BrFN2S/c1-4-8-19-9-13-15(10(2)3)20-16(21-13)14-11(17)6-5-7-12(14)18/h5-7,10,19H,4,8-9H2,1-3H3. The second-order valence-corrected chi connectivity index (χ2v) is 7.19. The fourth-order valence-electron chi connectivity index (χ4n) is 2.13. The van der Waals surface area contributed by atoms with Crippen molar-refractivity contribution in [3.8, 4) is 10.6 Å². The van der Waals surface area contributed by atoms with Crippen molar-refractivity contribution < 1.29 is 4.39 Å². The third-order valence-corrected chi connectivity index (χ3v) is 4.91. The number of benzene rings is 1. The Balaban J connectivity index is 2.39. The number of aromatic nitrogens is 1. The molecule has 1 aromatic heterocycles. The van der Waals surface area contributed by atoms with Crippen LogP contribution in [0.5, 0.6) is 0 Å². The maximum atomic E-state index is 14.1. The predicted molar refractivity (Wildman–Crippen MR) is 91.3 cm³/mol. The molecule has 0 aliphatic rings. The molecular formula is C16H20BrFN2S. The van der Waals surface area contributed by atoms with Crippen LogP contribution in [0.15, 0.2) is 22.7 Å². The molecule has 0 fully saturated rings. The topological polar surface area (TPSA) is 24.9 Å². The van der Waals surface area contributed by atoms with Gasteiger partial charge in [0.25, 0.3) is 0 Å². The van der Waals surface area contributed by atoms with Crippen LogP contribution in [0.4, 0.5) is 4.39 Å².